The number of hydrogen-bond acceptors (Lipinski definition) is 0. The molecule has 0 nitrogen and oxygen atoms in total. The van der Waals surface area contributed by atoms with Crippen LogP contribution >= 0.6 is 0 Å². The zero-order chi connectivity index (χ0) is 6.95. The lowest BCUT2D eigenvalue weighted by Gasteiger charge is -1.88. The van der Waals surface area contributed by atoms with Gasteiger partial charge in [0.1, 0.15) is 0 Å². The molecule has 0 aliphatic heterocycles. The van der Waals surface area contributed by atoms with Gasteiger partial charge in [-0.3, -0.25) is 0 Å². The molecule has 0 spiro atoms. The summed E-state index contributed by atoms with van der Waals surface area (Å²) in [5, 5.41) is 0. The van der Waals surface area contributed by atoms with Crippen molar-refractivity contribution in [2.75, 3.05) is 0 Å². The van der Waals surface area contributed by atoms with Crippen LogP contribution in [0.5, 0.6) is 0 Å². The normalized spacial score (nSPS) is 10.3. The molecule has 1 radical (unpaired) electrons. The molecule has 0 aromatic rings. The van der Waals surface area contributed by atoms with Crippen LogP contribution in [0.25, 0.3) is 0 Å². The van der Waals surface area contributed by atoms with E-state index in [1.54, 1.807) is 6.08 Å². The van der Waals surface area contributed by atoms with Crippen LogP contribution in [0.3, 0.4) is 0 Å². The molecule has 0 rings (SSSR count). The fraction of sp³-hybridized carbons (Fsp3) is 0.444. The third kappa shape index (κ3) is 7.48. The summed E-state index contributed by atoms with van der Waals surface area (Å²) in [5.41, 5.74) is 0. The summed E-state index contributed by atoms with van der Waals surface area (Å²) in [4.78, 5) is 0. The highest BCUT2D eigenvalue weighted by Crippen LogP contribution is 1.97. The Labute approximate surface area is 58.3 Å². The molecule has 0 aliphatic carbocycles. The molecule has 0 aromatic heterocycles. The van der Waals surface area contributed by atoms with Gasteiger partial charge in [0.05, 0.1) is 0 Å². The van der Waals surface area contributed by atoms with Gasteiger partial charge in [0.15, 0.2) is 0 Å². The lowest BCUT2D eigenvalue weighted by Crippen LogP contribution is -1.70. The second kappa shape index (κ2) is 7.48. The Morgan fingerprint density at radius 3 is 2.78 bits per heavy atom. The first-order valence-electron chi connectivity index (χ1n) is 3.51. The summed E-state index contributed by atoms with van der Waals surface area (Å²) in [6.45, 7) is 5.77. The molecule has 0 aliphatic rings. The lowest BCUT2D eigenvalue weighted by molar-refractivity contribution is 0.874. The first-order chi connectivity index (χ1) is 4.41. The molecule has 9 heavy (non-hydrogen) atoms. The maximum atomic E-state index is 3.58. The van der Waals surface area contributed by atoms with Crippen LogP contribution in [0, 0.1) is 6.42 Å². The van der Waals surface area contributed by atoms with E-state index in [0.717, 1.165) is 6.42 Å². The topological polar surface area (TPSA) is 0 Å². The summed E-state index contributed by atoms with van der Waals surface area (Å²) in [6, 6.07) is 0. The molecule has 0 atom stereocenters. The molecule has 0 heterocycles. The Kier molecular flexibility index (Phi) is 7.05. The fourth-order valence-electron chi connectivity index (χ4n) is 0.593. The zero-order valence-corrected chi connectivity index (χ0v) is 6.14. The molecule has 0 heteroatoms. The van der Waals surface area contributed by atoms with Crippen molar-refractivity contribution in [2.45, 2.75) is 26.2 Å². The van der Waals surface area contributed by atoms with Gasteiger partial charge >= 0.3 is 0 Å². The van der Waals surface area contributed by atoms with Crippen molar-refractivity contribution in [2.24, 2.45) is 0 Å². The van der Waals surface area contributed by atoms with Crippen molar-refractivity contribution in [3.63, 3.8) is 0 Å². The van der Waals surface area contributed by atoms with Crippen molar-refractivity contribution in [3.8, 4) is 0 Å². The quantitative estimate of drug-likeness (QED) is 0.389. The molecule has 0 amide bonds. The van der Waals surface area contributed by atoms with Gasteiger partial charge in [-0.1, -0.05) is 44.6 Å². The monoisotopic (exact) mass is 123 g/mol. The van der Waals surface area contributed by atoms with Gasteiger partial charge in [-0.2, -0.15) is 0 Å². The molecule has 0 fully saturated rings. The lowest BCUT2D eigenvalue weighted by atomic mass is 10.2. The molecule has 0 aromatic carbocycles. The van der Waals surface area contributed by atoms with Gasteiger partial charge in [0, 0.05) is 0 Å². The maximum absolute atomic E-state index is 3.58. The molecule has 51 valence electrons. The zero-order valence-electron chi connectivity index (χ0n) is 6.14. The molecule has 0 N–H and O–H groups in total. The van der Waals surface area contributed by atoms with Crippen molar-refractivity contribution >= 4 is 0 Å². The molecule has 0 unspecified atom stereocenters. The highest BCUT2D eigenvalue weighted by Gasteiger charge is 1.79. The molecular weight excluding hydrogens is 108 g/mol. The van der Waals surface area contributed by atoms with Crippen molar-refractivity contribution in [3.05, 3.63) is 31.2 Å². The fourth-order valence-corrected chi connectivity index (χ4v) is 0.593. The number of allylic oxidation sites excluding steroid dienone is 3. The van der Waals surface area contributed by atoms with Crippen LogP contribution in [0.1, 0.15) is 26.2 Å². The van der Waals surface area contributed by atoms with E-state index >= 15 is 0 Å². The summed E-state index contributed by atoms with van der Waals surface area (Å²) < 4.78 is 0. The Balaban J connectivity index is 2.90. The standard InChI is InChI=1S/C9H15/c1-3-5-7-9-8-6-4-2/h3,5,7-8H,1,4,6,9H2,2H3. The Morgan fingerprint density at radius 2 is 2.22 bits per heavy atom. The Bertz CT molecular complexity index is 80.0. The van der Waals surface area contributed by atoms with Gasteiger partial charge in [-0.05, 0) is 12.8 Å². The van der Waals surface area contributed by atoms with Crippen LogP contribution in [-0.2, 0) is 0 Å². The summed E-state index contributed by atoms with van der Waals surface area (Å²) in [7, 11) is 0. The average Bonchev–Trinajstić information content (AvgIpc) is 1.89. The summed E-state index contributed by atoms with van der Waals surface area (Å²) in [5.74, 6) is 0. The first-order valence-corrected chi connectivity index (χ1v) is 3.51. The first kappa shape index (κ1) is 8.48. The van der Waals surface area contributed by atoms with E-state index in [1.807, 2.05) is 6.08 Å². The van der Waals surface area contributed by atoms with Crippen LogP contribution in [-0.4, -0.2) is 0 Å². The number of hydrogen-bond donors (Lipinski definition) is 0. The van der Waals surface area contributed by atoms with Crippen LogP contribution < -0.4 is 0 Å². The van der Waals surface area contributed by atoms with Gasteiger partial charge in [-0.25, -0.2) is 0 Å². The molecular formula is C9H15. The summed E-state index contributed by atoms with van der Waals surface area (Å²) in [6.07, 6.45) is 11.7. The predicted molar refractivity (Wildman–Crippen MR) is 43.2 cm³/mol. The predicted octanol–water partition coefficient (Wildman–Crippen LogP) is 3.12. The minimum absolute atomic E-state index is 1.08. The smallest absolute Gasteiger partial charge is 0.0316 e. The van der Waals surface area contributed by atoms with E-state index in [0.29, 0.717) is 0 Å². The Hall–Kier alpha value is -0.520. The minimum Gasteiger partial charge on any atom is -0.0991 e. The van der Waals surface area contributed by atoms with Crippen molar-refractivity contribution < 1.29 is 0 Å². The number of rotatable bonds is 5. The van der Waals surface area contributed by atoms with E-state index in [2.05, 4.69) is 26.0 Å². The Morgan fingerprint density at radius 1 is 1.44 bits per heavy atom. The maximum Gasteiger partial charge on any atom is -0.0316 e. The van der Waals surface area contributed by atoms with Gasteiger partial charge in [0.2, 0.25) is 0 Å². The van der Waals surface area contributed by atoms with E-state index in [4.69, 9.17) is 0 Å². The molecule has 0 saturated heterocycles. The van der Waals surface area contributed by atoms with Gasteiger partial charge in [0.25, 0.3) is 0 Å². The van der Waals surface area contributed by atoms with Gasteiger partial charge in [-0.15, -0.1) is 0 Å². The number of unbranched alkanes of at least 4 members (excludes halogenated alkanes) is 3. The van der Waals surface area contributed by atoms with Crippen molar-refractivity contribution in [1.29, 1.82) is 0 Å². The third-order valence-corrected chi connectivity index (χ3v) is 1.07. The van der Waals surface area contributed by atoms with Crippen molar-refractivity contribution in [1.82, 2.24) is 0 Å². The SMILES string of the molecule is C=CC=CC[CH]CCC. The molecule has 0 saturated carbocycles. The highest BCUT2D eigenvalue weighted by molar-refractivity contribution is 4.98. The average molecular weight is 123 g/mol. The van der Waals surface area contributed by atoms with Crippen LogP contribution in [0.4, 0.5) is 0 Å². The minimum atomic E-state index is 1.08. The second-order valence-electron chi connectivity index (χ2n) is 1.98. The van der Waals surface area contributed by atoms with E-state index in [9.17, 15) is 0 Å². The summed E-state index contributed by atoms with van der Waals surface area (Å²) >= 11 is 0. The third-order valence-electron chi connectivity index (χ3n) is 1.07. The largest absolute Gasteiger partial charge is 0.0991 e. The molecule has 0 bridgehead atoms. The van der Waals surface area contributed by atoms with E-state index < -0.39 is 0 Å². The van der Waals surface area contributed by atoms with E-state index in [-0.39, 0.29) is 0 Å². The van der Waals surface area contributed by atoms with Crippen LogP contribution in [0.2, 0.25) is 0 Å². The van der Waals surface area contributed by atoms with Crippen LogP contribution in [0.15, 0.2) is 24.8 Å². The van der Waals surface area contributed by atoms with E-state index in [1.165, 1.54) is 12.8 Å². The highest BCUT2D eigenvalue weighted by atomic mass is 13.8. The van der Waals surface area contributed by atoms with Gasteiger partial charge < -0.3 is 0 Å². The second-order valence-corrected chi connectivity index (χ2v) is 1.98.